The number of halogens is 2. The van der Waals surface area contributed by atoms with E-state index in [9.17, 15) is 3.89 Å². The summed E-state index contributed by atoms with van der Waals surface area (Å²) in [4.78, 5) is 1.78. The largest absolute Gasteiger partial charge is 0.169 e. The van der Waals surface area contributed by atoms with E-state index in [1.54, 1.807) is 22.8 Å². The summed E-state index contributed by atoms with van der Waals surface area (Å²) in [5.74, 6) is 0. The fraction of sp³-hybridized carbons (Fsp3) is 0. The van der Waals surface area contributed by atoms with Crippen molar-refractivity contribution < 1.29 is 3.89 Å². The van der Waals surface area contributed by atoms with Gasteiger partial charge in [-0.2, -0.15) is 3.89 Å². The average molecular weight is 265 g/mol. The molecule has 0 fully saturated rings. The van der Waals surface area contributed by atoms with Crippen LogP contribution in [0.5, 0.6) is 0 Å². The van der Waals surface area contributed by atoms with Gasteiger partial charge in [-0.15, -0.1) is 11.3 Å². The SMILES string of the molecule is FS1(Br)C=CC=C1c1cccs1. The van der Waals surface area contributed by atoms with Gasteiger partial charge in [0, 0.05) is 33.4 Å². The van der Waals surface area contributed by atoms with Gasteiger partial charge in [0.25, 0.3) is 0 Å². The van der Waals surface area contributed by atoms with Crippen LogP contribution in [-0.2, 0) is 0 Å². The van der Waals surface area contributed by atoms with Crippen LogP contribution in [0.3, 0.4) is 0 Å². The van der Waals surface area contributed by atoms with E-state index in [2.05, 4.69) is 14.8 Å². The molecular formula is C8H6BrFS2. The van der Waals surface area contributed by atoms with E-state index in [0.717, 1.165) is 9.78 Å². The topological polar surface area (TPSA) is 0 Å². The Balaban J connectivity index is 2.40. The van der Waals surface area contributed by atoms with E-state index in [-0.39, 0.29) is 0 Å². The molecule has 0 nitrogen and oxygen atoms in total. The first-order valence-electron chi connectivity index (χ1n) is 3.35. The molecule has 1 aromatic heterocycles. The highest BCUT2D eigenvalue weighted by Gasteiger charge is 2.26. The Morgan fingerprint density at radius 1 is 1.50 bits per heavy atom. The molecule has 0 radical (unpaired) electrons. The highest BCUT2D eigenvalue weighted by Crippen LogP contribution is 2.71. The first-order valence-corrected chi connectivity index (χ1v) is 7.67. The van der Waals surface area contributed by atoms with Crippen LogP contribution in [0.1, 0.15) is 4.88 Å². The van der Waals surface area contributed by atoms with Crippen molar-refractivity contribution in [1.82, 2.24) is 0 Å². The lowest BCUT2D eigenvalue weighted by molar-refractivity contribution is 0.935. The van der Waals surface area contributed by atoms with Crippen LogP contribution in [0.25, 0.3) is 4.91 Å². The molecule has 2 heterocycles. The van der Waals surface area contributed by atoms with Crippen molar-refractivity contribution in [3.63, 3.8) is 0 Å². The van der Waals surface area contributed by atoms with Crippen LogP contribution >= 0.6 is 35.0 Å². The van der Waals surface area contributed by atoms with Gasteiger partial charge in [-0.05, 0) is 22.9 Å². The van der Waals surface area contributed by atoms with Gasteiger partial charge >= 0.3 is 0 Å². The Kier molecular flexibility index (Phi) is 2.14. The number of hydrogen-bond acceptors (Lipinski definition) is 1. The van der Waals surface area contributed by atoms with Crippen LogP contribution in [0, 0.1) is 0 Å². The minimum atomic E-state index is -2.31. The third-order valence-corrected chi connectivity index (χ3v) is 5.72. The van der Waals surface area contributed by atoms with Gasteiger partial charge in [0.1, 0.15) is 0 Å². The Morgan fingerprint density at radius 2 is 2.33 bits per heavy atom. The lowest BCUT2D eigenvalue weighted by Gasteiger charge is -2.17. The second-order valence-electron chi connectivity index (χ2n) is 2.35. The third kappa shape index (κ3) is 1.39. The number of allylic oxidation sites excluding steroid dienone is 2. The maximum absolute atomic E-state index is 13.7. The molecule has 4 heteroatoms. The Labute approximate surface area is 83.6 Å². The van der Waals surface area contributed by atoms with Gasteiger partial charge < -0.3 is 0 Å². The highest BCUT2D eigenvalue weighted by atomic mass is 79.9. The van der Waals surface area contributed by atoms with Gasteiger partial charge in [-0.3, -0.25) is 0 Å². The predicted octanol–water partition coefficient (Wildman–Crippen LogP) is 4.62. The maximum atomic E-state index is 13.7. The number of thiophene rings is 1. The normalized spacial score (nSPS) is 33.0. The number of rotatable bonds is 1. The summed E-state index contributed by atoms with van der Waals surface area (Å²) in [6, 6.07) is 3.87. The summed E-state index contributed by atoms with van der Waals surface area (Å²) in [5, 5.41) is 3.54. The van der Waals surface area contributed by atoms with E-state index in [1.165, 1.54) is 0 Å². The van der Waals surface area contributed by atoms with Crippen molar-refractivity contribution in [2.45, 2.75) is 0 Å². The predicted molar refractivity (Wildman–Crippen MR) is 59.1 cm³/mol. The fourth-order valence-electron chi connectivity index (χ4n) is 1.02. The van der Waals surface area contributed by atoms with E-state index in [1.807, 2.05) is 23.6 Å². The summed E-state index contributed by atoms with van der Waals surface area (Å²) < 4.78 is 13.7. The molecule has 64 valence electrons. The summed E-state index contributed by atoms with van der Waals surface area (Å²) in [7, 11) is -2.31. The summed E-state index contributed by atoms with van der Waals surface area (Å²) in [5.41, 5.74) is 0. The van der Waals surface area contributed by atoms with E-state index < -0.39 is 8.85 Å². The molecule has 0 bridgehead atoms. The smallest absolute Gasteiger partial charge is 0.0488 e. The van der Waals surface area contributed by atoms with Crippen molar-refractivity contribution >= 4 is 39.9 Å². The zero-order chi connectivity index (χ0) is 8.60. The quantitative estimate of drug-likeness (QED) is 0.695. The van der Waals surface area contributed by atoms with Gasteiger partial charge in [0.05, 0.1) is 0 Å². The minimum Gasteiger partial charge on any atom is -0.169 e. The van der Waals surface area contributed by atoms with Gasteiger partial charge in [0.15, 0.2) is 0 Å². The van der Waals surface area contributed by atoms with Gasteiger partial charge in [0.2, 0.25) is 0 Å². The molecule has 1 unspecified atom stereocenters. The number of hydrogen-bond donors (Lipinski definition) is 0. The molecule has 1 aliphatic heterocycles. The highest BCUT2D eigenvalue weighted by molar-refractivity contribution is 9.59. The van der Waals surface area contributed by atoms with Crippen molar-refractivity contribution in [1.29, 1.82) is 0 Å². The van der Waals surface area contributed by atoms with Crippen molar-refractivity contribution in [2.75, 3.05) is 0 Å². The van der Waals surface area contributed by atoms with Crippen LogP contribution in [0.2, 0.25) is 0 Å². The Morgan fingerprint density at radius 3 is 2.83 bits per heavy atom. The molecule has 1 aromatic rings. The molecule has 0 saturated heterocycles. The first kappa shape index (κ1) is 8.53. The average Bonchev–Trinajstić information content (AvgIpc) is 2.55. The molecule has 0 spiro atoms. The molecule has 0 saturated carbocycles. The second-order valence-corrected chi connectivity index (χ2v) is 7.85. The summed E-state index contributed by atoms with van der Waals surface area (Å²) in [6.07, 6.45) is 3.59. The van der Waals surface area contributed by atoms with Gasteiger partial charge in [-0.25, -0.2) is 0 Å². The monoisotopic (exact) mass is 264 g/mol. The molecule has 0 aliphatic carbocycles. The molecule has 2 rings (SSSR count). The fourth-order valence-corrected chi connectivity index (χ4v) is 4.74. The standard InChI is InChI=1S/C8H6BrFS2/c9-12(10)6-2-4-8(12)7-3-1-5-11-7/h1-6H. The Bertz CT molecular complexity index is 338. The molecule has 1 atom stereocenters. The zero-order valence-electron chi connectivity index (χ0n) is 6.04. The van der Waals surface area contributed by atoms with Crippen LogP contribution in [-0.4, -0.2) is 0 Å². The first-order chi connectivity index (χ1) is 5.70. The minimum absolute atomic E-state index is 0.775. The molecular weight excluding hydrogens is 259 g/mol. The van der Waals surface area contributed by atoms with Crippen LogP contribution in [0.4, 0.5) is 3.89 Å². The molecule has 12 heavy (non-hydrogen) atoms. The summed E-state index contributed by atoms with van der Waals surface area (Å²) >= 11 is 4.66. The second kappa shape index (κ2) is 3.01. The van der Waals surface area contributed by atoms with Crippen molar-refractivity contribution in [3.8, 4) is 0 Å². The van der Waals surface area contributed by atoms with Gasteiger partial charge in [-0.1, -0.05) is 12.1 Å². The van der Waals surface area contributed by atoms with Crippen LogP contribution < -0.4 is 0 Å². The zero-order valence-corrected chi connectivity index (χ0v) is 9.26. The lowest BCUT2D eigenvalue weighted by atomic mass is 10.4. The summed E-state index contributed by atoms with van der Waals surface area (Å²) in [6.45, 7) is 0. The molecule has 0 amide bonds. The van der Waals surface area contributed by atoms with E-state index >= 15 is 0 Å². The van der Waals surface area contributed by atoms with Crippen molar-refractivity contribution in [2.24, 2.45) is 0 Å². The Hall–Kier alpha value is -0.0600. The third-order valence-electron chi connectivity index (χ3n) is 1.55. The maximum Gasteiger partial charge on any atom is 0.0488 e. The van der Waals surface area contributed by atoms with Crippen molar-refractivity contribution in [3.05, 3.63) is 40.0 Å². The molecule has 1 aliphatic rings. The van der Waals surface area contributed by atoms with E-state index in [4.69, 9.17) is 0 Å². The van der Waals surface area contributed by atoms with E-state index in [0.29, 0.717) is 0 Å². The molecule has 0 N–H and O–H groups in total. The van der Waals surface area contributed by atoms with Crippen LogP contribution in [0.15, 0.2) is 35.1 Å². The lowest BCUT2D eigenvalue weighted by Crippen LogP contribution is -1.77. The molecule has 0 aromatic carbocycles.